The van der Waals surface area contributed by atoms with Gasteiger partial charge in [0, 0.05) is 37.0 Å². The molecule has 0 bridgehead atoms. The van der Waals surface area contributed by atoms with Gasteiger partial charge in [0.1, 0.15) is 5.82 Å². The second-order valence-electron chi connectivity index (χ2n) is 7.46. The second-order valence-corrected chi connectivity index (χ2v) is 9.35. The molecule has 8 heteroatoms. The summed E-state index contributed by atoms with van der Waals surface area (Å²) >= 11 is 3.55. The molecule has 0 atom stereocenters. The zero-order valence-corrected chi connectivity index (χ0v) is 17.2. The summed E-state index contributed by atoms with van der Waals surface area (Å²) in [5.41, 5.74) is 1.13. The Morgan fingerprint density at radius 1 is 1.19 bits per heavy atom. The molecule has 5 rings (SSSR count). The molecule has 0 spiro atoms. The lowest BCUT2D eigenvalue weighted by molar-refractivity contribution is 0.462. The lowest BCUT2D eigenvalue weighted by Gasteiger charge is -2.31. The molecular formula is C19H23N5OS2. The molecule has 2 aromatic heterocycles. The minimum Gasteiger partial charge on any atom is -0.348 e. The van der Waals surface area contributed by atoms with Crippen LogP contribution in [0.2, 0.25) is 0 Å². The number of fused-ring (bicyclic) bond motifs is 1. The Hall–Kier alpha value is -1.80. The molecular weight excluding hydrogens is 378 g/mol. The molecule has 2 fully saturated rings. The summed E-state index contributed by atoms with van der Waals surface area (Å²) in [5.74, 6) is 1.37. The van der Waals surface area contributed by atoms with Crippen molar-refractivity contribution >= 4 is 38.4 Å². The molecule has 0 amide bonds. The summed E-state index contributed by atoms with van der Waals surface area (Å²) in [6, 6.07) is 6.88. The van der Waals surface area contributed by atoms with Crippen LogP contribution in [-0.2, 0) is 7.05 Å². The Kier molecular flexibility index (Phi) is 4.27. The minimum atomic E-state index is 0.0469. The summed E-state index contributed by atoms with van der Waals surface area (Å²) in [6.07, 6.45) is 6.37. The molecule has 3 aromatic rings. The first-order valence-electron chi connectivity index (χ1n) is 9.49. The molecule has 6 nitrogen and oxygen atoms in total. The van der Waals surface area contributed by atoms with Gasteiger partial charge in [-0.25, -0.2) is 14.5 Å². The molecule has 1 aliphatic carbocycles. The first-order chi connectivity index (χ1) is 13.1. The van der Waals surface area contributed by atoms with E-state index in [0.29, 0.717) is 12.0 Å². The van der Waals surface area contributed by atoms with Crippen molar-refractivity contribution in [2.45, 2.75) is 42.5 Å². The molecule has 1 saturated heterocycles. The van der Waals surface area contributed by atoms with Crippen molar-refractivity contribution in [2.24, 2.45) is 7.05 Å². The molecule has 1 aromatic carbocycles. The van der Waals surface area contributed by atoms with Crippen LogP contribution >= 0.6 is 23.1 Å². The van der Waals surface area contributed by atoms with Crippen molar-refractivity contribution in [1.82, 2.24) is 19.3 Å². The monoisotopic (exact) mass is 401 g/mol. The Balaban J connectivity index is 1.35. The van der Waals surface area contributed by atoms with Gasteiger partial charge in [0.15, 0.2) is 5.13 Å². The largest absolute Gasteiger partial charge is 0.348 e. The quantitative estimate of drug-likeness (QED) is 0.625. The van der Waals surface area contributed by atoms with E-state index < -0.39 is 0 Å². The van der Waals surface area contributed by atoms with Crippen molar-refractivity contribution in [1.29, 1.82) is 0 Å². The minimum absolute atomic E-state index is 0.0469. The van der Waals surface area contributed by atoms with Gasteiger partial charge in [-0.1, -0.05) is 11.3 Å². The number of hydrogen-bond donors (Lipinski definition) is 0. The fourth-order valence-electron chi connectivity index (χ4n) is 3.94. The van der Waals surface area contributed by atoms with Gasteiger partial charge in [-0.05, 0) is 50.1 Å². The molecule has 1 saturated carbocycles. The van der Waals surface area contributed by atoms with Gasteiger partial charge in [0.2, 0.25) is 0 Å². The molecule has 3 heterocycles. The van der Waals surface area contributed by atoms with Crippen molar-refractivity contribution in [3.8, 4) is 0 Å². The number of thiazole rings is 1. The van der Waals surface area contributed by atoms with Crippen LogP contribution in [0, 0.1) is 0 Å². The molecule has 0 radical (unpaired) electrons. The molecule has 1 aliphatic heterocycles. The molecule has 2 aliphatic rings. The molecule has 0 N–H and O–H groups in total. The average molecular weight is 402 g/mol. The van der Waals surface area contributed by atoms with E-state index >= 15 is 0 Å². The number of thioether (sulfide) groups is 1. The highest BCUT2D eigenvalue weighted by Crippen LogP contribution is 2.39. The fourth-order valence-corrected chi connectivity index (χ4v) is 5.51. The van der Waals surface area contributed by atoms with Crippen LogP contribution in [0.5, 0.6) is 0 Å². The maximum Gasteiger partial charge on any atom is 0.345 e. The topological polar surface area (TPSA) is 56.0 Å². The first-order valence-corrected chi connectivity index (χ1v) is 11.5. The zero-order chi connectivity index (χ0) is 18.5. The number of hydrogen-bond acceptors (Lipinski definition) is 6. The van der Waals surface area contributed by atoms with Crippen LogP contribution in [0.25, 0.3) is 10.2 Å². The number of nitrogens with zero attached hydrogens (tertiary/aromatic N) is 5. The van der Waals surface area contributed by atoms with Gasteiger partial charge in [0.25, 0.3) is 0 Å². The average Bonchev–Trinajstić information content (AvgIpc) is 3.36. The van der Waals surface area contributed by atoms with Crippen LogP contribution in [0.3, 0.4) is 0 Å². The predicted molar refractivity (Wildman–Crippen MR) is 111 cm³/mol. The summed E-state index contributed by atoms with van der Waals surface area (Å²) in [4.78, 5) is 20.9. The van der Waals surface area contributed by atoms with Gasteiger partial charge in [-0.3, -0.25) is 4.57 Å². The third-order valence-corrected chi connectivity index (χ3v) is 7.41. The van der Waals surface area contributed by atoms with Gasteiger partial charge in [0.05, 0.1) is 10.2 Å². The number of rotatable bonds is 4. The molecule has 142 valence electrons. The summed E-state index contributed by atoms with van der Waals surface area (Å²) in [5, 5.41) is 5.69. The summed E-state index contributed by atoms with van der Waals surface area (Å²) in [6.45, 7) is 1.94. The highest BCUT2D eigenvalue weighted by atomic mass is 32.2. The van der Waals surface area contributed by atoms with Crippen LogP contribution in [-0.4, -0.2) is 38.7 Å². The van der Waals surface area contributed by atoms with Crippen molar-refractivity contribution in [3.63, 3.8) is 0 Å². The highest BCUT2D eigenvalue weighted by Gasteiger charge is 2.33. The first kappa shape index (κ1) is 17.3. The van der Waals surface area contributed by atoms with E-state index in [-0.39, 0.29) is 5.69 Å². The van der Waals surface area contributed by atoms with Crippen molar-refractivity contribution in [2.75, 3.05) is 24.2 Å². The number of anilines is 1. The van der Waals surface area contributed by atoms with Crippen LogP contribution in [0.1, 0.15) is 43.5 Å². The van der Waals surface area contributed by atoms with Gasteiger partial charge < -0.3 is 4.90 Å². The zero-order valence-electron chi connectivity index (χ0n) is 15.6. The highest BCUT2D eigenvalue weighted by molar-refractivity contribution is 7.98. The number of aromatic nitrogens is 4. The third kappa shape index (κ3) is 3.08. The van der Waals surface area contributed by atoms with E-state index in [4.69, 9.17) is 4.98 Å². The van der Waals surface area contributed by atoms with Crippen molar-refractivity contribution in [3.05, 3.63) is 34.5 Å². The maximum atomic E-state index is 12.4. The number of piperidine rings is 1. The smallest absolute Gasteiger partial charge is 0.345 e. The number of aryl methyl sites for hydroxylation is 1. The van der Waals surface area contributed by atoms with E-state index in [1.54, 1.807) is 30.1 Å². The normalized spacial score (nSPS) is 18.5. The van der Waals surface area contributed by atoms with Gasteiger partial charge in [-0.15, -0.1) is 11.8 Å². The SMILES string of the molecule is CSc1ccc2nc(N3CCC(c4nn(C)c(=O)n4C4CC4)CC3)sc2c1. The Morgan fingerprint density at radius 2 is 1.96 bits per heavy atom. The predicted octanol–water partition coefficient (Wildman–Crippen LogP) is 3.63. The number of benzene rings is 1. The van der Waals surface area contributed by atoms with Gasteiger partial charge >= 0.3 is 5.69 Å². The van der Waals surface area contributed by atoms with E-state index in [1.165, 1.54) is 14.3 Å². The van der Waals surface area contributed by atoms with Crippen LogP contribution in [0.15, 0.2) is 27.9 Å². The van der Waals surface area contributed by atoms with Gasteiger partial charge in [-0.2, -0.15) is 5.10 Å². The van der Waals surface area contributed by atoms with E-state index in [2.05, 4.69) is 34.5 Å². The van der Waals surface area contributed by atoms with E-state index in [1.807, 2.05) is 4.57 Å². The summed E-state index contributed by atoms with van der Waals surface area (Å²) in [7, 11) is 1.77. The van der Waals surface area contributed by atoms with Crippen LogP contribution in [0.4, 0.5) is 5.13 Å². The molecule has 27 heavy (non-hydrogen) atoms. The second kappa shape index (κ2) is 6.67. The Labute approximate surface area is 166 Å². The van der Waals surface area contributed by atoms with Crippen molar-refractivity contribution < 1.29 is 0 Å². The van der Waals surface area contributed by atoms with E-state index in [9.17, 15) is 4.79 Å². The maximum absolute atomic E-state index is 12.4. The lowest BCUT2D eigenvalue weighted by Crippen LogP contribution is -2.34. The summed E-state index contributed by atoms with van der Waals surface area (Å²) < 4.78 is 4.73. The lowest BCUT2D eigenvalue weighted by atomic mass is 9.96. The Morgan fingerprint density at radius 3 is 2.67 bits per heavy atom. The standard InChI is InChI=1S/C19H23N5OS2/c1-22-19(25)24(13-3-4-13)17(21-22)12-7-9-23(10-8-12)18-20-15-6-5-14(26-2)11-16(15)27-18/h5-6,11-13H,3-4,7-10H2,1-2H3. The van der Waals surface area contributed by atoms with E-state index in [0.717, 1.165) is 55.2 Å². The van der Waals surface area contributed by atoms with Crippen LogP contribution < -0.4 is 10.6 Å². The fraction of sp³-hybridized carbons (Fsp3) is 0.526. The Bertz CT molecular complexity index is 1040. The third-order valence-electron chi connectivity index (χ3n) is 5.61. The molecule has 0 unspecified atom stereocenters.